The highest BCUT2D eigenvalue weighted by Crippen LogP contribution is 2.33. The van der Waals surface area contributed by atoms with E-state index in [2.05, 4.69) is 5.16 Å². The Balaban J connectivity index is 1.27. The first kappa shape index (κ1) is 17.8. The van der Waals surface area contributed by atoms with Gasteiger partial charge in [0.2, 0.25) is 5.91 Å². The van der Waals surface area contributed by atoms with Crippen molar-refractivity contribution in [3.05, 3.63) is 66.0 Å². The fourth-order valence-electron chi connectivity index (χ4n) is 4.17. The molecule has 1 fully saturated rings. The zero-order chi connectivity index (χ0) is 20.0. The SMILES string of the molecule is O=C(Cn1ccc2ccc(F)cc21)N1CCC(c2noc3cc(F)ccc23)CC1. The molecular weight excluding hydrogens is 376 g/mol. The fourth-order valence-corrected chi connectivity index (χ4v) is 4.17. The van der Waals surface area contributed by atoms with E-state index in [1.54, 1.807) is 16.7 Å². The van der Waals surface area contributed by atoms with E-state index in [0.717, 1.165) is 34.8 Å². The number of piperidine rings is 1. The lowest BCUT2D eigenvalue weighted by molar-refractivity contribution is -0.132. The number of hydrogen-bond donors (Lipinski definition) is 0. The number of aromatic nitrogens is 2. The third kappa shape index (κ3) is 3.26. The van der Waals surface area contributed by atoms with Crippen molar-refractivity contribution in [1.82, 2.24) is 14.6 Å². The summed E-state index contributed by atoms with van der Waals surface area (Å²) in [4.78, 5) is 14.6. The van der Waals surface area contributed by atoms with Gasteiger partial charge in [0.05, 0.1) is 11.2 Å². The van der Waals surface area contributed by atoms with Crippen LogP contribution in [0.3, 0.4) is 0 Å². The van der Waals surface area contributed by atoms with E-state index in [4.69, 9.17) is 4.52 Å². The number of hydrogen-bond acceptors (Lipinski definition) is 3. The van der Waals surface area contributed by atoms with E-state index in [0.29, 0.717) is 18.7 Å². The molecule has 0 atom stereocenters. The summed E-state index contributed by atoms with van der Waals surface area (Å²) in [5.74, 6) is -0.479. The zero-order valence-electron chi connectivity index (χ0n) is 15.6. The molecule has 3 heterocycles. The third-order valence-electron chi connectivity index (χ3n) is 5.74. The Hall–Kier alpha value is -3.22. The van der Waals surface area contributed by atoms with Gasteiger partial charge in [-0.1, -0.05) is 5.16 Å². The number of rotatable bonds is 3. The Kier molecular flexibility index (Phi) is 4.30. The average molecular weight is 395 g/mol. The smallest absolute Gasteiger partial charge is 0.242 e. The number of carbonyl (C=O) groups is 1. The molecule has 0 bridgehead atoms. The van der Waals surface area contributed by atoms with E-state index < -0.39 is 0 Å². The van der Waals surface area contributed by atoms with E-state index in [1.165, 1.54) is 24.3 Å². The van der Waals surface area contributed by atoms with Crippen molar-refractivity contribution in [3.8, 4) is 0 Å². The van der Waals surface area contributed by atoms with E-state index >= 15 is 0 Å². The van der Waals surface area contributed by atoms with Gasteiger partial charge < -0.3 is 14.0 Å². The van der Waals surface area contributed by atoms with Crippen LogP contribution in [0.2, 0.25) is 0 Å². The summed E-state index contributed by atoms with van der Waals surface area (Å²) in [5.41, 5.74) is 2.00. The van der Waals surface area contributed by atoms with Crippen LogP contribution in [0.15, 0.2) is 53.2 Å². The number of carbonyl (C=O) groups excluding carboxylic acids is 1. The highest BCUT2D eigenvalue weighted by Gasteiger charge is 2.27. The van der Waals surface area contributed by atoms with Crippen molar-refractivity contribution in [2.45, 2.75) is 25.3 Å². The Morgan fingerprint density at radius 3 is 2.66 bits per heavy atom. The predicted molar refractivity (Wildman–Crippen MR) is 104 cm³/mol. The number of likely N-dealkylation sites (tertiary alicyclic amines) is 1. The number of amides is 1. The summed E-state index contributed by atoms with van der Waals surface area (Å²) in [7, 11) is 0. The van der Waals surface area contributed by atoms with Gasteiger partial charge in [-0.15, -0.1) is 0 Å². The predicted octanol–water partition coefficient (Wildman–Crippen LogP) is 4.47. The molecule has 0 radical (unpaired) electrons. The van der Waals surface area contributed by atoms with Crippen LogP contribution in [0.4, 0.5) is 8.78 Å². The lowest BCUT2D eigenvalue weighted by Crippen LogP contribution is -2.39. The third-order valence-corrected chi connectivity index (χ3v) is 5.74. The second-order valence-corrected chi connectivity index (χ2v) is 7.51. The molecule has 5 nitrogen and oxygen atoms in total. The molecule has 1 saturated heterocycles. The van der Waals surface area contributed by atoms with Crippen molar-refractivity contribution < 1.29 is 18.1 Å². The van der Waals surface area contributed by atoms with Crippen LogP contribution < -0.4 is 0 Å². The lowest BCUT2D eigenvalue weighted by Gasteiger charge is -2.31. The van der Waals surface area contributed by atoms with Crippen molar-refractivity contribution in [3.63, 3.8) is 0 Å². The Morgan fingerprint density at radius 2 is 1.83 bits per heavy atom. The largest absolute Gasteiger partial charge is 0.356 e. The van der Waals surface area contributed by atoms with Crippen molar-refractivity contribution in [2.75, 3.05) is 13.1 Å². The Labute approximate surface area is 165 Å². The summed E-state index contributed by atoms with van der Waals surface area (Å²) >= 11 is 0. The second kappa shape index (κ2) is 6.99. The van der Waals surface area contributed by atoms with Crippen LogP contribution in [-0.2, 0) is 11.3 Å². The Bertz CT molecular complexity index is 1210. The molecule has 4 aromatic rings. The molecule has 7 heteroatoms. The van der Waals surface area contributed by atoms with Crippen molar-refractivity contribution in [1.29, 1.82) is 0 Å². The van der Waals surface area contributed by atoms with Crippen LogP contribution in [0.1, 0.15) is 24.5 Å². The molecule has 5 rings (SSSR count). The van der Waals surface area contributed by atoms with Crippen molar-refractivity contribution >= 4 is 27.8 Å². The van der Waals surface area contributed by atoms with E-state index in [-0.39, 0.29) is 30.0 Å². The topological polar surface area (TPSA) is 51.3 Å². The summed E-state index contributed by atoms with van der Waals surface area (Å²) in [6.07, 6.45) is 3.35. The number of halogens is 2. The molecular formula is C22H19F2N3O2. The normalized spacial score (nSPS) is 15.4. The molecule has 0 spiro atoms. The van der Waals surface area contributed by atoms with E-state index in [9.17, 15) is 13.6 Å². The molecule has 1 aliphatic heterocycles. The van der Waals surface area contributed by atoms with Gasteiger partial charge in [0, 0.05) is 36.7 Å². The maximum atomic E-state index is 13.6. The summed E-state index contributed by atoms with van der Waals surface area (Å²) in [5, 5.41) is 5.89. The molecule has 0 unspecified atom stereocenters. The minimum Gasteiger partial charge on any atom is -0.356 e. The molecule has 148 valence electrons. The molecule has 1 amide bonds. The maximum Gasteiger partial charge on any atom is 0.242 e. The molecule has 0 aliphatic carbocycles. The standard InChI is InChI=1S/C22H19F2N3O2/c23-16-2-1-14-5-10-27(19(14)11-16)13-21(28)26-8-6-15(7-9-26)22-18-4-3-17(24)12-20(18)29-25-22/h1-5,10-12,15H,6-9,13H2. The maximum absolute atomic E-state index is 13.6. The molecule has 0 saturated carbocycles. The first-order valence-corrected chi connectivity index (χ1v) is 9.65. The van der Waals surface area contributed by atoms with Gasteiger partial charge in [0.1, 0.15) is 18.2 Å². The van der Waals surface area contributed by atoms with E-state index in [1.807, 2.05) is 17.2 Å². The number of fused-ring (bicyclic) bond motifs is 2. The summed E-state index contributed by atoms with van der Waals surface area (Å²) in [6.45, 7) is 1.42. The Morgan fingerprint density at radius 1 is 1.07 bits per heavy atom. The van der Waals surface area contributed by atoms with Gasteiger partial charge in [-0.3, -0.25) is 4.79 Å². The van der Waals surface area contributed by atoms with Gasteiger partial charge >= 0.3 is 0 Å². The van der Waals surface area contributed by atoms with Crippen LogP contribution in [0.25, 0.3) is 21.9 Å². The minimum atomic E-state index is -0.349. The van der Waals surface area contributed by atoms with Gasteiger partial charge in [0.15, 0.2) is 5.58 Å². The number of nitrogens with zero attached hydrogens (tertiary/aromatic N) is 3. The molecule has 1 aliphatic rings. The van der Waals surface area contributed by atoms with Crippen LogP contribution in [-0.4, -0.2) is 33.6 Å². The van der Waals surface area contributed by atoms with Gasteiger partial charge in [-0.2, -0.15) is 0 Å². The fraction of sp³-hybridized carbons (Fsp3) is 0.273. The van der Waals surface area contributed by atoms with Crippen LogP contribution >= 0.6 is 0 Å². The first-order valence-electron chi connectivity index (χ1n) is 9.65. The number of benzene rings is 2. The molecule has 2 aromatic carbocycles. The lowest BCUT2D eigenvalue weighted by atomic mass is 9.91. The van der Waals surface area contributed by atoms with Crippen molar-refractivity contribution in [2.24, 2.45) is 0 Å². The van der Waals surface area contributed by atoms with Crippen LogP contribution in [0.5, 0.6) is 0 Å². The molecule has 0 N–H and O–H groups in total. The molecule has 2 aromatic heterocycles. The monoisotopic (exact) mass is 395 g/mol. The first-order chi connectivity index (χ1) is 14.1. The molecule has 29 heavy (non-hydrogen) atoms. The average Bonchev–Trinajstić information content (AvgIpc) is 3.32. The minimum absolute atomic E-state index is 0.0114. The highest BCUT2D eigenvalue weighted by molar-refractivity contribution is 5.83. The quantitative estimate of drug-likeness (QED) is 0.514. The zero-order valence-corrected chi connectivity index (χ0v) is 15.6. The van der Waals surface area contributed by atoms with Gasteiger partial charge in [-0.25, -0.2) is 8.78 Å². The van der Waals surface area contributed by atoms with Crippen LogP contribution in [0, 0.1) is 11.6 Å². The van der Waals surface area contributed by atoms with Gasteiger partial charge in [0.25, 0.3) is 0 Å². The summed E-state index contributed by atoms with van der Waals surface area (Å²) in [6, 6.07) is 10.9. The van der Waals surface area contributed by atoms with Gasteiger partial charge in [-0.05, 0) is 54.6 Å². The summed E-state index contributed by atoms with van der Waals surface area (Å²) < 4.78 is 34.0. The highest BCUT2D eigenvalue weighted by atomic mass is 19.1. The second-order valence-electron chi connectivity index (χ2n) is 7.51.